The number of aromatic nitrogens is 4. The molecule has 2 saturated heterocycles. The fraction of sp³-hybridized carbons (Fsp3) is 0.452. The van der Waals surface area contributed by atoms with Gasteiger partial charge < -0.3 is 29.7 Å². The first kappa shape index (κ1) is 35.6. The molecule has 2 aliphatic heterocycles. The van der Waals surface area contributed by atoms with E-state index >= 15 is 0 Å². The van der Waals surface area contributed by atoms with Crippen molar-refractivity contribution in [2.45, 2.75) is 96.5 Å². The molecular weight excluding hydrogens is 683 g/mol. The molecule has 3 aliphatic rings. The van der Waals surface area contributed by atoms with Crippen molar-refractivity contribution in [1.82, 2.24) is 35.1 Å². The minimum atomic E-state index is -0.678. The Labute approximate surface area is 315 Å². The number of nitrogens with one attached hydrogen (secondary N) is 3. The van der Waals surface area contributed by atoms with Gasteiger partial charge in [-0.2, -0.15) is 0 Å². The van der Waals surface area contributed by atoms with Gasteiger partial charge in [-0.25, -0.2) is 19.6 Å². The lowest BCUT2D eigenvalue weighted by Crippen LogP contribution is -2.54. The van der Waals surface area contributed by atoms with Crippen molar-refractivity contribution in [3.05, 3.63) is 72.4 Å². The first-order valence-corrected chi connectivity index (χ1v) is 19.1. The fourth-order valence-electron chi connectivity index (χ4n) is 8.75. The van der Waals surface area contributed by atoms with Crippen LogP contribution in [-0.4, -0.2) is 79.2 Å². The maximum absolute atomic E-state index is 14.0. The molecule has 5 aromatic rings. The van der Waals surface area contributed by atoms with Crippen LogP contribution >= 0.6 is 0 Å². The molecule has 0 spiro atoms. The number of likely N-dealkylation sites (tertiary alicyclic amines) is 2. The third-order valence-corrected chi connectivity index (χ3v) is 11.3. The lowest BCUT2D eigenvalue weighted by molar-refractivity contribution is -0.139. The highest BCUT2D eigenvalue weighted by Gasteiger charge is 2.51. The molecule has 12 heteroatoms. The van der Waals surface area contributed by atoms with Crippen LogP contribution in [0.5, 0.6) is 0 Å². The highest BCUT2D eigenvalue weighted by atomic mass is 16.6. The second-order valence-electron chi connectivity index (χ2n) is 16.4. The van der Waals surface area contributed by atoms with E-state index in [1.807, 2.05) is 51.8 Å². The third-order valence-electron chi connectivity index (χ3n) is 11.3. The van der Waals surface area contributed by atoms with E-state index in [-0.39, 0.29) is 36.0 Å². The standard InChI is InChI=1S/C42H49N7O5/c1-23(2)34(47-40(51)53-6)39(50)49-29-16-13-28(21-29)36(49)38-44-31-18-15-27-20-26(14-17-30(27)35(31)46-38)24-9-11-25(12-10-24)32-22-43-37(45-32)33-8-7-19-48(33)41(52)54-42(3,4)5/h9-12,14-15,17-18,20,22-23,28-29,33-34,36H,7-8,13,16,19,21H2,1-6H3,(H,43,45)(H,44,46)(H,47,51)/t28-,29+,33?,34?,36-/m0/s1. The number of alkyl carbamates (subject to hydrolysis) is 1. The number of amides is 3. The Balaban J connectivity index is 1.02. The molecule has 2 unspecified atom stereocenters. The zero-order valence-electron chi connectivity index (χ0n) is 31.8. The van der Waals surface area contributed by atoms with Crippen molar-refractivity contribution < 1.29 is 23.9 Å². The largest absolute Gasteiger partial charge is 0.453 e. The van der Waals surface area contributed by atoms with Crippen molar-refractivity contribution >= 4 is 39.9 Å². The van der Waals surface area contributed by atoms with Gasteiger partial charge in [0.05, 0.1) is 42.1 Å². The quantitative estimate of drug-likeness (QED) is 0.153. The number of aromatic amines is 2. The predicted molar refractivity (Wildman–Crippen MR) is 206 cm³/mol. The summed E-state index contributed by atoms with van der Waals surface area (Å²) >= 11 is 0. The molecule has 3 aromatic carbocycles. The van der Waals surface area contributed by atoms with E-state index in [4.69, 9.17) is 14.5 Å². The number of piperidine rings is 1. The van der Waals surface area contributed by atoms with Crippen LogP contribution in [0.1, 0.15) is 90.5 Å². The number of hydrogen-bond acceptors (Lipinski definition) is 7. The SMILES string of the molecule is COC(=O)NC(C(=O)N1[C@@H]2CC[C@@H](C2)[C@H]1c1nc2ccc3cc(-c4ccc(-c5cnc(C6CCCN6C(=O)OC(C)(C)C)[nH]5)cc4)ccc3c2[nH]1)C(C)C. The molecule has 2 aromatic heterocycles. The smallest absolute Gasteiger partial charge is 0.410 e. The molecule has 2 bridgehead atoms. The maximum atomic E-state index is 14.0. The Bertz CT molecular complexity index is 2220. The maximum Gasteiger partial charge on any atom is 0.410 e. The molecule has 12 nitrogen and oxygen atoms in total. The van der Waals surface area contributed by atoms with E-state index < -0.39 is 17.7 Å². The summed E-state index contributed by atoms with van der Waals surface area (Å²) in [4.78, 5) is 59.6. The van der Waals surface area contributed by atoms with Crippen molar-refractivity contribution in [3.63, 3.8) is 0 Å². The van der Waals surface area contributed by atoms with Gasteiger partial charge in [-0.3, -0.25) is 9.69 Å². The topological polar surface area (TPSA) is 146 Å². The zero-order chi connectivity index (χ0) is 37.9. The summed E-state index contributed by atoms with van der Waals surface area (Å²) in [6, 6.07) is 18.2. The molecule has 3 N–H and O–H groups in total. The number of rotatable bonds is 7. The van der Waals surface area contributed by atoms with Crippen LogP contribution in [0.4, 0.5) is 9.59 Å². The number of hydrogen-bond donors (Lipinski definition) is 3. The minimum absolute atomic E-state index is 0.0831. The van der Waals surface area contributed by atoms with E-state index in [1.54, 1.807) is 4.90 Å². The highest BCUT2D eigenvalue weighted by molar-refractivity contribution is 6.05. The molecule has 8 rings (SSSR count). The van der Waals surface area contributed by atoms with Crippen molar-refractivity contribution in [2.75, 3.05) is 13.7 Å². The highest BCUT2D eigenvalue weighted by Crippen LogP contribution is 2.50. The lowest BCUT2D eigenvalue weighted by Gasteiger charge is -2.37. The summed E-state index contributed by atoms with van der Waals surface area (Å²) < 4.78 is 10.5. The predicted octanol–water partition coefficient (Wildman–Crippen LogP) is 8.28. The van der Waals surface area contributed by atoms with Gasteiger partial charge in [0.25, 0.3) is 0 Å². The number of methoxy groups -OCH3 is 1. The summed E-state index contributed by atoms with van der Waals surface area (Å²) in [6.07, 6.45) is 5.62. The van der Waals surface area contributed by atoms with Gasteiger partial charge in [0.2, 0.25) is 5.91 Å². The zero-order valence-corrected chi connectivity index (χ0v) is 31.8. The van der Waals surface area contributed by atoms with E-state index in [0.717, 1.165) is 87.9 Å². The van der Waals surface area contributed by atoms with Gasteiger partial charge in [-0.1, -0.05) is 56.3 Å². The minimum Gasteiger partial charge on any atom is -0.453 e. The molecule has 1 saturated carbocycles. The average Bonchev–Trinajstić information content (AvgIpc) is 4.00. The van der Waals surface area contributed by atoms with Crippen molar-refractivity contribution in [3.8, 4) is 22.4 Å². The molecule has 1 aliphatic carbocycles. The Morgan fingerprint density at radius 2 is 1.69 bits per heavy atom. The summed E-state index contributed by atoms with van der Waals surface area (Å²) in [7, 11) is 1.31. The van der Waals surface area contributed by atoms with Gasteiger partial charge in [0.1, 0.15) is 23.3 Å². The molecule has 282 valence electrons. The van der Waals surface area contributed by atoms with E-state index in [0.29, 0.717) is 12.5 Å². The first-order valence-electron chi connectivity index (χ1n) is 19.1. The summed E-state index contributed by atoms with van der Waals surface area (Å²) in [5.41, 5.74) is 5.37. The number of ether oxygens (including phenoxy) is 2. The van der Waals surface area contributed by atoms with Gasteiger partial charge >= 0.3 is 12.2 Å². The van der Waals surface area contributed by atoms with Crippen LogP contribution in [-0.2, 0) is 14.3 Å². The van der Waals surface area contributed by atoms with Crippen molar-refractivity contribution in [2.24, 2.45) is 11.8 Å². The first-order chi connectivity index (χ1) is 25.9. The molecule has 4 heterocycles. The van der Waals surface area contributed by atoms with Gasteiger partial charge in [0, 0.05) is 18.0 Å². The van der Waals surface area contributed by atoms with Crippen LogP contribution in [0.2, 0.25) is 0 Å². The molecule has 3 fully saturated rings. The van der Waals surface area contributed by atoms with Crippen LogP contribution in [0, 0.1) is 11.8 Å². The second-order valence-corrected chi connectivity index (χ2v) is 16.4. The van der Waals surface area contributed by atoms with Gasteiger partial charge in [-0.05, 0) is 98.9 Å². The molecule has 54 heavy (non-hydrogen) atoms. The summed E-state index contributed by atoms with van der Waals surface area (Å²) in [5.74, 6) is 1.70. The second kappa shape index (κ2) is 13.8. The van der Waals surface area contributed by atoms with E-state index in [9.17, 15) is 14.4 Å². The normalized spacial score (nSPS) is 21.7. The Morgan fingerprint density at radius 1 is 0.926 bits per heavy atom. The lowest BCUT2D eigenvalue weighted by atomic mass is 9.95. The van der Waals surface area contributed by atoms with Crippen LogP contribution in [0.15, 0.2) is 60.8 Å². The Kier molecular flexibility index (Phi) is 9.10. The monoisotopic (exact) mass is 731 g/mol. The third kappa shape index (κ3) is 6.56. The number of H-pyrrole nitrogens is 2. The fourth-order valence-corrected chi connectivity index (χ4v) is 8.75. The molecular formula is C42H49N7O5. The summed E-state index contributed by atoms with van der Waals surface area (Å²) in [6.45, 7) is 10.2. The number of nitrogens with zero attached hydrogens (tertiary/aromatic N) is 4. The number of benzene rings is 3. The molecule has 0 radical (unpaired) electrons. The molecule has 3 amide bonds. The van der Waals surface area contributed by atoms with Gasteiger partial charge in [-0.15, -0.1) is 0 Å². The van der Waals surface area contributed by atoms with Crippen LogP contribution in [0.25, 0.3) is 44.2 Å². The average molecular weight is 732 g/mol. The molecule has 5 atom stereocenters. The van der Waals surface area contributed by atoms with Crippen LogP contribution in [0.3, 0.4) is 0 Å². The Morgan fingerprint density at radius 3 is 2.43 bits per heavy atom. The number of imidazole rings is 2. The number of carbonyl (C=O) groups excluding carboxylic acids is 3. The van der Waals surface area contributed by atoms with Crippen LogP contribution < -0.4 is 5.32 Å². The number of fused-ring (bicyclic) bond motifs is 5. The van der Waals surface area contributed by atoms with E-state index in [1.165, 1.54) is 7.11 Å². The Hall–Kier alpha value is -5.39. The van der Waals surface area contributed by atoms with Gasteiger partial charge in [0.15, 0.2) is 0 Å². The van der Waals surface area contributed by atoms with E-state index in [2.05, 4.69) is 68.8 Å². The summed E-state index contributed by atoms with van der Waals surface area (Å²) in [5, 5.41) is 4.93. The van der Waals surface area contributed by atoms with Crippen molar-refractivity contribution in [1.29, 1.82) is 0 Å². The number of carbonyl (C=O) groups is 3.